The van der Waals surface area contributed by atoms with Crippen LogP contribution in [0.3, 0.4) is 0 Å². The van der Waals surface area contributed by atoms with Crippen molar-refractivity contribution in [2.75, 3.05) is 6.54 Å². The molecule has 5 atom stereocenters. The van der Waals surface area contributed by atoms with Crippen molar-refractivity contribution in [2.45, 2.75) is 49.4 Å². The van der Waals surface area contributed by atoms with Gasteiger partial charge in [0.05, 0.1) is 18.0 Å². The van der Waals surface area contributed by atoms with E-state index in [0.717, 1.165) is 35.3 Å². The molecule has 2 heterocycles. The Morgan fingerprint density at radius 3 is 2.74 bits per heavy atom. The summed E-state index contributed by atoms with van der Waals surface area (Å²) in [5, 5.41) is 26.0. The van der Waals surface area contributed by atoms with E-state index in [2.05, 4.69) is 11.4 Å². The van der Waals surface area contributed by atoms with Crippen LogP contribution >= 0.6 is 34.5 Å². The standard InChI is InChI=1S/C26H28Cl2N2O4S/c27-19-7-3-6-18(13-19)22-9-4-10-30(22)26(34)24(32)23(31)25(33)29-14-20-12-16(15-35-20)11-17-5-1-2-8-21(17)28/h1-3,5-8,12-13,15,17,21-24,31-32H,4,9-11,14H2,(H,29,33)/t17?,21?,22-,23-,24-/m1/s1. The first kappa shape index (κ1) is 25.9. The predicted octanol–water partition coefficient (Wildman–Crippen LogP) is 4.00. The van der Waals surface area contributed by atoms with Gasteiger partial charge in [0.15, 0.2) is 12.2 Å². The number of amides is 2. The van der Waals surface area contributed by atoms with Crippen molar-refractivity contribution in [1.82, 2.24) is 10.2 Å². The van der Waals surface area contributed by atoms with Gasteiger partial charge >= 0.3 is 0 Å². The molecule has 186 valence electrons. The summed E-state index contributed by atoms with van der Waals surface area (Å²) in [6.07, 6.45) is 6.54. The maximum Gasteiger partial charge on any atom is 0.255 e. The zero-order valence-electron chi connectivity index (χ0n) is 19.0. The van der Waals surface area contributed by atoms with Gasteiger partial charge in [0.2, 0.25) is 0 Å². The number of hydrogen-bond acceptors (Lipinski definition) is 5. The quantitative estimate of drug-likeness (QED) is 0.446. The van der Waals surface area contributed by atoms with Crippen molar-refractivity contribution in [2.24, 2.45) is 5.92 Å². The number of benzene rings is 1. The maximum atomic E-state index is 12.9. The third kappa shape index (κ3) is 6.35. The largest absolute Gasteiger partial charge is 0.380 e. The smallest absolute Gasteiger partial charge is 0.255 e. The summed E-state index contributed by atoms with van der Waals surface area (Å²) < 4.78 is 0. The van der Waals surface area contributed by atoms with Gasteiger partial charge in [0, 0.05) is 22.4 Å². The zero-order valence-corrected chi connectivity index (χ0v) is 21.3. The number of nitrogens with zero attached hydrogens (tertiary/aromatic N) is 1. The number of alkyl halides is 1. The molecule has 3 N–H and O–H groups in total. The average molecular weight is 535 g/mol. The summed E-state index contributed by atoms with van der Waals surface area (Å²) >= 11 is 13.9. The minimum atomic E-state index is -1.86. The zero-order chi connectivity index (χ0) is 24.9. The highest BCUT2D eigenvalue weighted by molar-refractivity contribution is 7.10. The van der Waals surface area contributed by atoms with Crippen LogP contribution in [-0.4, -0.2) is 51.1 Å². The minimum Gasteiger partial charge on any atom is -0.380 e. The minimum absolute atomic E-state index is 0.0497. The summed E-state index contributed by atoms with van der Waals surface area (Å²) in [4.78, 5) is 27.9. The second kappa shape index (κ2) is 11.7. The number of nitrogens with one attached hydrogen (secondary N) is 1. The van der Waals surface area contributed by atoms with Crippen LogP contribution in [0.4, 0.5) is 0 Å². The fourth-order valence-electron chi connectivity index (χ4n) is 4.52. The fourth-order valence-corrected chi connectivity index (χ4v) is 5.82. The number of hydrogen-bond donors (Lipinski definition) is 3. The van der Waals surface area contributed by atoms with Gasteiger partial charge < -0.3 is 20.4 Å². The van der Waals surface area contributed by atoms with E-state index >= 15 is 0 Å². The number of thiophene rings is 1. The fraction of sp³-hybridized carbons (Fsp3) is 0.385. The summed E-state index contributed by atoms with van der Waals surface area (Å²) in [5.74, 6) is -1.25. The number of rotatable bonds is 8. The summed E-state index contributed by atoms with van der Waals surface area (Å²) in [6.45, 7) is 0.634. The van der Waals surface area contributed by atoms with E-state index in [1.54, 1.807) is 12.1 Å². The van der Waals surface area contributed by atoms with E-state index < -0.39 is 24.0 Å². The number of carbonyl (C=O) groups excluding carboxylic acids is 2. The van der Waals surface area contributed by atoms with Crippen molar-refractivity contribution in [3.8, 4) is 0 Å². The monoisotopic (exact) mass is 534 g/mol. The molecule has 1 fully saturated rings. The lowest BCUT2D eigenvalue weighted by Gasteiger charge is -2.28. The van der Waals surface area contributed by atoms with Crippen LogP contribution < -0.4 is 5.32 Å². The van der Waals surface area contributed by atoms with Crippen LogP contribution in [-0.2, 0) is 22.6 Å². The first-order valence-corrected chi connectivity index (χ1v) is 13.3. The molecule has 9 heteroatoms. The van der Waals surface area contributed by atoms with E-state index in [1.165, 1.54) is 16.2 Å². The first-order chi connectivity index (χ1) is 16.8. The third-order valence-corrected chi connectivity index (χ3v) is 8.07. The van der Waals surface area contributed by atoms with E-state index in [-0.39, 0.29) is 23.9 Å². The van der Waals surface area contributed by atoms with Crippen LogP contribution in [0.1, 0.15) is 34.9 Å². The van der Waals surface area contributed by atoms with Gasteiger partial charge in [-0.3, -0.25) is 9.59 Å². The first-order valence-electron chi connectivity index (χ1n) is 11.6. The second-order valence-corrected chi connectivity index (χ2v) is 10.8. The molecule has 0 saturated carbocycles. The Labute approximate surface area is 218 Å². The highest BCUT2D eigenvalue weighted by Crippen LogP contribution is 2.33. The Morgan fingerprint density at radius 2 is 1.97 bits per heavy atom. The van der Waals surface area contributed by atoms with E-state index in [1.807, 2.05) is 41.8 Å². The molecular formula is C26H28Cl2N2O4S. The molecule has 6 nitrogen and oxygen atoms in total. The number of allylic oxidation sites excluding steroid dienone is 4. The molecule has 2 amide bonds. The normalized spacial score (nSPS) is 23.3. The van der Waals surface area contributed by atoms with Crippen molar-refractivity contribution in [3.05, 3.63) is 81.0 Å². The Bertz CT molecular complexity index is 1120. The van der Waals surface area contributed by atoms with Crippen molar-refractivity contribution in [3.63, 3.8) is 0 Å². The number of aliphatic hydroxyl groups excluding tert-OH is 2. The van der Waals surface area contributed by atoms with E-state index in [0.29, 0.717) is 11.6 Å². The van der Waals surface area contributed by atoms with Crippen molar-refractivity contribution >= 4 is 46.4 Å². The van der Waals surface area contributed by atoms with Gasteiger partial charge in [-0.1, -0.05) is 48.0 Å². The Hall–Kier alpha value is -2.16. The summed E-state index contributed by atoms with van der Waals surface area (Å²) in [5.41, 5.74) is 1.98. The van der Waals surface area contributed by atoms with Gasteiger partial charge in [-0.25, -0.2) is 0 Å². The van der Waals surface area contributed by atoms with Crippen molar-refractivity contribution in [1.29, 1.82) is 0 Å². The van der Waals surface area contributed by atoms with Crippen LogP contribution in [0.2, 0.25) is 5.02 Å². The molecule has 1 aromatic heterocycles. The highest BCUT2D eigenvalue weighted by atomic mass is 35.5. The van der Waals surface area contributed by atoms with Gasteiger partial charge in [-0.15, -0.1) is 22.9 Å². The lowest BCUT2D eigenvalue weighted by atomic mass is 9.94. The number of carbonyl (C=O) groups is 2. The second-order valence-electron chi connectivity index (χ2n) is 8.86. The molecular weight excluding hydrogens is 507 g/mol. The van der Waals surface area contributed by atoms with E-state index in [4.69, 9.17) is 23.2 Å². The molecule has 1 saturated heterocycles. The SMILES string of the molecule is O=C(NCc1cc(CC2C=CC=CC2Cl)cs1)[C@H](O)[C@@H](O)C(=O)N1CCC[C@@H]1c1cccc(Cl)c1. The Kier molecular flexibility index (Phi) is 8.68. The maximum absolute atomic E-state index is 12.9. The highest BCUT2D eigenvalue weighted by Gasteiger charge is 2.38. The molecule has 1 aliphatic heterocycles. The molecule has 4 rings (SSSR count). The molecule has 2 aromatic rings. The lowest BCUT2D eigenvalue weighted by molar-refractivity contribution is -0.153. The summed E-state index contributed by atoms with van der Waals surface area (Å²) in [7, 11) is 0. The predicted molar refractivity (Wildman–Crippen MR) is 138 cm³/mol. The van der Waals surface area contributed by atoms with Gasteiger partial charge in [-0.05, 0) is 54.0 Å². The van der Waals surface area contributed by atoms with Crippen molar-refractivity contribution < 1.29 is 19.8 Å². The summed E-state index contributed by atoms with van der Waals surface area (Å²) in [6, 6.07) is 8.97. The molecule has 2 unspecified atom stereocenters. The molecule has 1 aromatic carbocycles. The number of aliphatic hydroxyl groups is 2. The molecule has 0 spiro atoms. The van der Waals surface area contributed by atoms with E-state index in [9.17, 15) is 19.8 Å². The number of likely N-dealkylation sites (tertiary alicyclic amines) is 1. The Morgan fingerprint density at radius 1 is 1.17 bits per heavy atom. The molecule has 2 aliphatic rings. The third-order valence-electron chi connectivity index (χ3n) is 6.38. The van der Waals surface area contributed by atoms with Gasteiger partial charge in [0.1, 0.15) is 0 Å². The Balaban J connectivity index is 1.30. The van der Waals surface area contributed by atoms with Crippen LogP contribution in [0.15, 0.2) is 60.0 Å². The number of halogens is 2. The molecule has 1 aliphatic carbocycles. The van der Waals surface area contributed by atoms with Crippen LogP contribution in [0, 0.1) is 5.92 Å². The molecule has 0 bridgehead atoms. The molecule has 0 radical (unpaired) electrons. The van der Waals surface area contributed by atoms with Gasteiger partial charge in [0.25, 0.3) is 11.8 Å². The molecule has 35 heavy (non-hydrogen) atoms. The average Bonchev–Trinajstić information content (AvgIpc) is 3.52. The van der Waals surface area contributed by atoms with Crippen LogP contribution in [0.5, 0.6) is 0 Å². The van der Waals surface area contributed by atoms with Crippen LogP contribution in [0.25, 0.3) is 0 Å². The lowest BCUT2D eigenvalue weighted by Crippen LogP contribution is -2.50. The van der Waals surface area contributed by atoms with Gasteiger partial charge in [-0.2, -0.15) is 0 Å². The topological polar surface area (TPSA) is 89.9 Å².